The van der Waals surface area contributed by atoms with Crippen LogP contribution in [-0.4, -0.2) is 29.3 Å². The van der Waals surface area contributed by atoms with Gasteiger partial charge in [0.1, 0.15) is 5.69 Å². The molecule has 0 radical (unpaired) electrons. The summed E-state index contributed by atoms with van der Waals surface area (Å²) in [5.41, 5.74) is 2.37. The van der Waals surface area contributed by atoms with Crippen molar-refractivity contribution in [2.75, 3.05) is 11.9 Å². The minimum absolute atomic E-state index is 0.0254. The van der Waals surface area contributed by atoms with Gasteiger partial charge in [-0.2, -0.15) is 0 Å². The maximum Gasteiger partial charge on any atom is 0.355 e. The highest BCUT2D eigenvalue weighted by atomic mass is 79.9. The topological polar surface area (TPSA) is 88.3 Å². The lowest BCUT2D eigenvalue weighted by Crippen LogP contribution is -2.20. The first-order valence-electron chi connectivity index (χ1n) is 7.00. The number of nitrogens with one attached hydrogen (secondary N) is 2. The molecule has 6 nitrogen and oxygen atoms in total. The number of esters is 1. The number of aromatic amines is 1. The maximum atomic E-state index is 12.2. The highest BCUT2D eigenvalue weighted by molar-refractivity contribution is 9.10. The second kappa shape index (κ2) is 6.37. The monoisotopic (exact) mass is 376 g/mol. The van der Waals surface area contributed by atoms with Crippen molar-refractivity contribution in [3.8, 4) is 0 Å². The Morgan fingerprint density at radius 1 is 1.22 bits per heavy atom. The lowest BCUT2D eigenvalue weighted by molar-refractivity contribution is -0.116. The summed E-state index contributed by atoms with van der Waals surface area (Å²) in [6.45, 7) is -0.333. The third kappa shape index (κ3) is 3.50. The molecule has 1 amide bonds. The first kappa shape index (κ1) is 15.5. The van der Waals surface area contributed by atoms with Crippen molar-refractivity contribution in [3.05, 3.63) is 51.8 Å². The highest BCUT2D eigenvalue weighted by Gasteiger charge is 2.18. The number of aromatic nitrogens is 1. The molecule has 1 aliphatic heterocycles. The quantitative estimate of drug-likeness (QED) is 0.634. The predicted molar refractivity (Wildman–Crippen MR) is 86.5 cm³/mol. The zero-order chi connectivity index (χ0) is 16.4. The van der Waals surface area contributed by atoms with E-state index in [1.807, 2.05) is 0 Å². The van der Waals surface area contributed by atoms with Gasteiger partial charge in [-0.25, -0.2) is 4.79 Å². The van der Waals surface area contributed by atoms with Gasteiger partial charge in [0.25, 0.3) is 0 Å². The summed E-state index contributed by atoms with van der Waals surface area (Å²) in [6, 6.07) is 6.62. The van der Waals surface area contributed by atoms with Gasteiger partial charge >= 0.3 is 5.97 Å². The Bertz CT molecular complexity index is 797. The van der Waals surface area contributed by atoms with Crippen molar-refractivity contribution in [3.63, 3.8) is 0 Å². The van der Waals surface area contributed by atoms with Gasteiger partial charge < -0.3 is 15.0 Å². The van der Waals surface area contributed by atoms with Gasteiger partial charge in [0, 0.05) is 28.3 Å². The van der Waals surface area contributed by atoms with E-state index in [4.69, 9.17) is 4.74 Å². The minimum atomic E-state index is -0.589. The molecule has 2 aromatic rings. The molecular weight excluding hydrogens is 364 g/mol. The fourth-order valence-corrected chi connectivity index (χ4v) is 2.68. The molecule has 0 fully saturated rings. The van der Waals surface area contributed by atoms with Crippen LogP contribution in [0.25, 0.3) is 0 Å². The third-order valence-electron chi connectivity index (χ3n) is 3.52. The molecule has 0 atom stereocenters. The fourth-order valence-electron chi connectivity index (χ4n) is 2.33. The summed E-state index contributed by atoms with van der Waals surface area (Å²) in [5.74, 6) is -0.902. The van der Waals surface area contributed by atoms with Crippen LogP contribution in [0.2, 0.25) is 0 Å². The van der Waals surface area contributed by atoms with Gasteiger partial charge in [0.05, 0.1) is 0 Å². The number of ketones is 1. The molecule has 0 saturated heterocycles. The number of fused-ring (bicyclic) bond motifs is 1. The largest absolute Gasteiger partial charge is 0.453 e. The van der Waals surface area contributed by atoms with E-state index in [-0.39, 0.29) is 24.0 Å². The summed E-state index contributed by atoms with van der Waals surface area (Å²) < 4.78 is 5.74. The molecule has 1 aliphatic rings. The van der Waals surface area contributed by atoms with E-state index < -0.39 is 5.97 Å². The number of hydrogen-bond acceptors (Lipinski definition) is 4. The second-order valence-electron chi connectivity index (χ2n) is 5.15. The molecule has 0 saturated carbocycles. The van der Waals surface area contributed by atoms with Crippen LogP contribution < -0.4 is 5.32 Å². The molecule has 1 aromatic carbocycles. The molecule has 0 bridgehead atoms. The summed E-state index contributed by atoms with van der Waals surface area (Å²) in [5, 5.41) is 2.76. The van der Waals surface area contributed by atoms with Crippen LogP contribution in [-0.2, 0) is 16.0 Å². The molecule has 3 rings (SSSR count). The standard InChI is InChI=1S/C16H13BrN2O4/c17-11-6-13(18-7-11)16(22)23-8-14(20)10-1-3-12-9(5-10)2-4-15(21)19-12/h1,3,5-7,18H,2,4,8H2,(H,19,21). The number of hydrogen-bond donors (Lipinski definition) is 2. The number of carbonyl (C=O) groups is 3. The van der Waals surface area contributed by atoms with E-state index in [2.05, 4.69) is 26.2 Å². The summed E-state index contributed by atoms with van der Waals surface area (Å²) >= 11 is 3.22. The summed E-state index contributed by atoms with van der Waals surface area (Å²) in [4.78, 5) is 38.0. The number of aryl methyl sites for hydroxylation is 1. The number of halogens is 1. The average molecular weight is 377 g/mol. The number of H-pyrrole nitrogens is 1. The first-order chi connectivity index (χ1) is 11.0. The lowest BCUT2D eigenvalue weighted by Gasteiger charge is -2.17. The predicted octanol–water partition coefficient (Wildman–Crippen LogP) is 2.70. The second-order valence-corrected chi connectivity index (χ2v) is 6.07. The lowest BCUT2D eigenvalue weighted by atomic mass is 9.99. The van der Waals surface area contributed by atoms with Crippen LogP contribution in [0.5, 0.6) is 0 Å². The van der Waals surface area contributed by atoms with Crippen molar-refractivity contribution in [1.29, 1.82) is 0 Å². The normalized spacial score (nSPS) is 13.2. The van der Waals surface area contributed by atoms with E-state index in [9.17, 15) is 14.4 Å². The zero-order valence-corrected chi connectivity index (χ0v) is 13.6. The molecule has 2 N–H and O–H groups in total. The SMILES string of the molecule is O=C1CCc2cc(C(=O)COC(=O)c3cc(Br)c[nH]3)ccc2N1. The Morgan fingerprint density at radius 3 is 2.78 bits per heavy atom. The van der Waals surface area contributed by atoms with E-state index in [0.29, 0.717) is 18.4 Å². The summed E-state index contributed by atoms with van der Waals surface area (Å²) in [6.07, 6.45) is 2.61. The van der Waals surface area contributed by atoms with Gasteiger partial charge in [0.15, 0.2) is 12.4 Å². The van der Waals surface area contributed by atoms with Gasteiger partial charge in [-0.3, -0.25) is 9.59 Å². The molecule has 2 heterocycles. The number of ether oxygens (including phenoxy) is 1. The van der Waals surface area contributed by atoms with Crippen molar-refractivity contribution in [2.45, 2.75) is 12.8 Å². The molecular formula is C16H13BrN2O4. The Balaban J connectivity index is 1.64. The number of amides is 1. The van der Waals surface area contributed by atoms with Crippen molar-refractivity contribution >= 4 is 39.3 Å². The Hall–Kier alpha value is -2.41. The maximum absolute atomic E-state index is 12.2. The van der Waals surface area contributed by atoms with E-state index in [0.717, 1.165) is 15.7 Å². The third-order valence-corrected chi connectivity index (χ3v) is 3.98. The number of carbonyl (C=O) groups excluding carboxylic acids is 3. The molecule has 7 heteroatoms. The van der Waals surface area contributed by atoms with Crippen molar-refractivity contribution in [1.82, 2.24) is 4.98 Å². The summed E-state index contributed by atoms with van der Waals surface area (Å²) in [7, 11) is 0. The number of anilines is 1. The average Bonchev–Trinajstić information content (AvgIpc) is 2.98. The fraction of sp³-hybridized carbons (Fsp3) is 0.188. The van der Waals surface area contributed by atoms with Crippen LogP contribution >= 0.6 is 15.9 Å². The minimum Gasteiger partial charge on any atom is -0.453 e. The Kier molecular flexibility index (Phi) is 4.29. The molecule has 0 unspecified atom stereocenters. The molecule has 23 heavy (non-hydrogen) atoms. The zero-order valence-electron chi connectivity index (χ0n) is 12.0. The molecule has 0 aliphatic carbocycles. The van der Waals surface area contributed by atoms with Crippen LogP contribution in [0.3, 0.4) is 0 Å². The Labute approximate surface area is 140 Å². The number of rotatable bonds is 4. The van der Waals surface area contributed by atoms with E-state index >= 15 is 0 Å². The van der Waals surface area contributed by atoms with Crippen LogP contribution in [0.15, 0.2) is 34.9 Å². The van der Waals surface area contributed by atoms with Crippen LogP contribution in [0.4, 0.5) is 5.69 Å². The van der Waals surface area contributed by atoms with Crippen molar-refractivity contribution in [2.24, 2.45) is 0 Å². The number of benzene rings is 1. The van der Waals surface area contributed by atoms with Crippen LogP contribution in [0, 0.1) is 0 Å². The van der Waals surface area contributed by atoms with Gasteiger partial charge in [-0.05, 0) is 52.2 Å². The van der Waals surface area contributed by atoms with Crippen molar-refractivity contribution < 1.29 is 19.1 Å². The van der Waals surface area contributed by atoms with E-state index in [1.165, 1.54) is 0 Å². The first-order valence-corrected chi connectivity index (χ1v) is 7.79. The van der Waals surface area contributed by atoms with Gasteiger partial charge in [0.2, 0.25) is 5.91 Å². The highest BCUT2D eigenvalue weighted by Crippen LogP contribution is 2.23. The Morgan fingerprint density at radius 2 is 2.04 bits per heavy atom. The smallest absolute Gasteiger partial charge is 0.355 e. The molecule has 118 valence electrons. The van der Waals surface area contributed by atoms with E-state index in [1.54, 1.807) is 30.5 Å². The van der Waals surface area contributed by atoms with Crippen LogP contribution in [0.1, 0.15) is 32.8 Å². The van der Waals surface area contributed by atoms with Gasteiger partial charge in [-0.1, -0.05) is 0 Å². The number of Topliss-reactive ketones (excluding diaryl/α,β-unsaturated/α-hetero) is 1. The molecule has 1 aromatic heterocycles. The van der Waals surface area contributed by atoms with Gasteiger partial charge in [-0.15, -0.1) is 0 Å². The molecule has 0 spiro atoms.